The van der Waals surface area contributed by atoms with Crippen molar-refractivity contribution in [3.8, 4) is 11.5 Å². The van der Waals surface area contributed by atoms with Crippen molar-refractivity contribution in [1.29, 1.82) is 0 Å². The zero-order valence-corrected chi connectivity index (χ0v) is 44.6. The molecule has 0 bridgehead atoms. The summed E-state index contributed by atoms with van der Waals surface area (Å²) in [7, 11) is 0. The van der Waals surface area contributed by atoms with Crippen LogP contribution in [0.3, 0.4) is 0 Å². The van der Waals surface area contributed by atoms with E-state index in [9.17, 15) is 9.59 Å². The lowest BCUT2D eigenvalue weighted by atomic mass is 9.72. The first-order valence-electron chi connectivity index (χ1n) is 25.1. The molecule has 8 heteroatoms. The maximum atomic E-state index is 10.9. The number of carbonyl (C=O) groups is 2. The number of rotatable bonds is 16. The Hall–Kier alpha value is -3.36. The molecule has 2 amide bonds. The van der Waals surface area contributed by atoms with Crippen LogP contribution in [-0.4, -0.2) is 76.7 Å². The van der Waals surface area contributed by atoms with E-state index in [4.69, 9.17) is 9.47 Å². The number of nitrogens with zero attached hydrogens (tertiary/aromatic N) is 2. The molecule has 0 radical (unpaired) electrons. The zero-order chi connectivity index (χ0) is 48.8. The Bertz CT molecular complexity index is 1470. The van der Waals surface area contributed by atoms with Gasteiger partial charge in [-0.3, -0.25) is 19.4 Å². The third-order valence-corrected chi connectivity index (χ3v) is 12.6. The molecule has 366 valence electrons. The van der Waals surface area contributed by atoms with E-state index in [0.29, 0.717) is 13.1 Å². The van der Waals surface area contributed by atoms with Gasteiger partial charge >= 0.3 is 11.8 Å². The SMILES string of the molecule is CC1CC(C)(C)N(CN2C(C)(C)CC(C)CC2(C)C)C(C)(C)C1.CCC=CCC.CCCNC(=O)C(=O)NCCC.CCCOc1ccc(C(C)(C)c2ccc(OCCC)cc2)cc1. The van der Waals surface area contributed by atoms with Gasteiger partial charge in [0.15, 0.2) is 0 Å². The van der Waals surface area contributed by atoms with E-state index in [1.807, 2.05) is 13.8 Å². The highest BCUT2D eigenvalue weighted by Crippen LogP contribution is 2.46. The summed E-state index contributed by atoms with van der Waals surface area (Å²) in [6.07, 6.45) is 15.7. The molecule has 2 aromatic rings. The van der Waals surface area contributed by atoms with Crippen molar-refractivity contribution in [2.75, 3.05) is 33.0 Å². The van der Waals surface area contributed by atoms with E-state index in [0.717, 1.165) is 68.9 Å². The van der Waals surface area contributed by atoms with E-state index in [-0.39, 0.29) is 27.6 Å². The summed E-state index contributed by atoms with van der Waals surface area (Å²) in [5, 5.41) is 4.98. The topological polar surface area (TPSA) is 83.1 Å². The molecule has 0 atom stereocenters. The Balaban J connectivity index is 0.000000470. The predicted octanol–water partition coefficient (Wildman–Crippen LogP) is 13.5. The van der Waals surface area contributed by atoms with Gasteiger partial charge in [0.05, 0.1) is 19.9 Å². The van der Waals surface area contributed by atoms with Crippen molar-refractivity contribution in [3.05, 3.63) is 71.8 Å². The average Bonchev–Trinajstić information content (AvgIpc) is 3.21. The first-order valence-corrected chi connectivity index (χ1v) is 25.1. The highest BCUT2D eigenvalue weighted by Gasteiger charge is 2.50. The number of hydrogen-bond acceptors (Lipinski definition) is 6. The highest BCUT2D eigenvalue weighted by molar-refractivity contribution is 6.35. The van der Waals surface area contributed by atoms with E-state index in [2.05, 4.69) is 192 Å². The molecule has 0 spiro atoms. The van der Waals surface area contributed by atoms with Crippen LogP contribution in [-0.2, 0) is 15.0 Å². The molecule has 2 heterocycles. The third-order valence-electron chi connectivity index (χ3n) is 12.6. The predicted molar refractivity (Wildman–Crippen MR) is 275 cm³/mol. The lowest BCUT2D eigenvalue weighted by Crippen LogP contribution is -2.69. The maximum absolute atomic E-state index is 10.9. The van der Waals surface area contributed by atoms with Crippen molar-refractivity contribution in [1.82, 2.24) is 20.4 Å². The smallest absolute Gasteiger partial charge is 0.309 e. The minimum Gasteiger partial charge on any atom is -0.494 e. The van der Waals surface area contributed by atoms with Gasteiger partial charge in [0.2, 0.25) is 0 Å². The summed E-state index contributed by atoms with van der Waals surface area (Å²) in [5.74, 6) is 2.44. The largest absolute Gasteiger partial charge is 0.494 e. The summed E-state index contributed by atoms with van der Waals surface area (Å²) in [6, 6.07) is 16.9. The van der Waals surface area contributed by atoms with Crippen LogP contribution in [0, 0.1) is 11.8 Å². The summed E-state index contributed by atoms with van der Waals surface area (Å²) < 4.78 is 11.3. The van der Waals surface area contributed by atoms with Crippen molar-refractivity contribution >= 4 is 11.8 Å². The Morgan fingerprint density at radius 1 is 0.562 bits per heavy atom. The minimum atomic E-state index is -0.537. The molecule has 2 fully saturated rings. The standard InChI is InChI=1S/C21H42N2.C21H28O2.C8H16N2O2.C6H12/c1-16-11-18(3,4)22(19(5,6)12-16)15-23-20(7,8)13-17(2)14-21(23,9)10;1-5-15-22-19-11-7-17(8-12-19)21(3,4)18-9-13-20(14-10-18)23-16-6-2;1-3-5-9-7(11)8(12)10-6-4-2;1-3-5-6-4-2/h16-17H,11-15H2,1-10H3;7-14H,5-6,15-16H2,1-4H3;3-6H2,1-2H3,(H,9,11)(H,10,12);5-6H,3-4H2,1-2H3. The molecule has 2 aromatic carbocycles. The molecule has 0 unspecified atom stereocenters. The van der Waals surface area contributed by atoms with Gasteiger partial charge < -0.3 is 20.1 Å². The fourth-order valence-corrected chi connectivity index (χ4v) is 10.1. The summed E-state index contributed by atoms with van der Waals surface area (Å²) in [5.41, 5.74) is 3.61. The number of allylic oxidation sites excluding steroid dienone is 2. The second-order valence-corrected chi connectivity index (χ2v) is 21.4. The zero-order valence-electron chi connectivity index (χ0n) is 44.6. The number of likely N-dealkylation sites (tertiary alicyclic amines) is 2. The van der Waals surface area contributed by atoms with Crippen molar-refractivity contribution in [2.45, 2.75) is 216 Å². The van der Waals surface area contributed by atoms with Crippen LogP contribution in [0.25, 0.3) is 0 Å². The summed E-state index contributed by atoms with van der Waals surface area (Å²) in [4.78, 5) is 27.4. The Morgan fingerprint density at radius 3 is 1.11 bits per heavy atom. The molecule has 4 rings (SSSR count). The van der Waals surface area contributed by atoms with Gasteiger partial charge in [-0.25, -0.2) is 0 Å². The van der Waals surface area contributed by atoms with Gasteiger partial charge in [-0.1, -0.05) is 106 Å². The first kappa shape index (κ1) is 58.7. The number of hydrogen-bond donors (Lipinski definition) is 2. The monoisotopic (exact) mass is 891 g/mol. The Labute approximate surface area is 394 Å². The molecule has 0 aromatic heterocycles. The van der Waals surface area contributed by atoms with Gasteiger partial charge in [0.25, 0.3) is 0 Å². The fraction of sp³-hybridized carbons (Fsp3) is 0.714. The van der Waals surface area contributed by atoms with E-state index >= 15 is 0 Å². The normalized spacial score (nSPS) is 18.3. The average molecular weight is 891 g/mol. The van der Waals surface area contributed by atoms with Crippen molar-refractivity contribution < 1.29 is 19.1 Å². The second-order valence-electron chi connectivity index (χ2n) is 21.4. The summed E-state index contributed by atoms with van der Waals surface area (Å²) >= 11 is 0. The minimum absolute atomic E-state index is 0.0490. The molecule has 0 aliphatic carbocycles. The van der Waals surface area contributed by atoms with Crippen LogP contribution in [0.1, 0.15) is 200 Å². The molecule has 2 aliphatic heterocycles. The van der Waals surface area contributed by atoms with E-state index in [1.54, 1.807) is 0 Å². The number of piperidine rings is 2. The fourth-order valence-electron chi connectivity index (χ4n) is 10.1. The Morgan fingerprint density at radius 2 is 0.859 bits per heavy atom. The van der Waals surface area contributed by atoms with Crippen LogP contribution in [0.2, 0.25) is 0 Å². The molecule has 2 saturated heterocycles. The molecule has 8 nitrogen and oxygen atoms in total. The number of carbonyl (C=O) groups excluding carboxylic acids is 2. The highest BCUT2D eigenvalue weighted by atomic mass is 16.5. The Kier molecular flexibility index (Phi) is 25.6. The van der Waals surface area contributed by atoms with Crippen LogP contribution in [0.15, 0.2) is 60.7 Å². The van der Waals surface area contributed by atoms with Crippen LogP contribution in [0.4, 0.5) is 0 Å². The number of ether oxygens (including phenoxy) is 2. The van der Waals surface area contributed by atoms with Crippen LogP contribution < -0.4 is 20.1 Å². The second kappa shape index (κ2) is 28.0. The number of nitrogens with one attached hydrogen (secondary N) is 2. The lowest BCUT2D eigenvalue weighted by Gasteiger charge is -2.62. The quantitative estimate of drug-likeness (QED) is 0.129. The van der Waals surface area contributed by atoms with Gasteiger partial charge in [0, 0.05) is 40.7 Å². The van der Waals surface area contributed by atoms with Gasteiger partial charge in [0.1, 0.15) is 11.5 Å². The van der Waals surface area contributed by atoms with Gasteiger partial charge in [-0.05, 0) is 167 Å². The maximum Gasteiger partial charge on any atom is 0.309 e. The van der Waals surface area contributed by atoms with Gasteiger partial charge in [-0.15, -0.1) is 0 Å². The lowest BCUT2D eigenvalue weighted by molar-refractivity contribution is -0.143. The van der Waals surface area contributed by atoms with E-state index < -0.39 is 11.8 Å². The molecule has 2 aliphatic rings. The molecule has 0 saturated carbocycles. The van der Waals surface area contributed by atoms with E-state index in [1.165, 1.54) is 49.7 Å². The first-order chi connectivity index (χ1) is 29.9. The van der Waals surface area contributed by atoms with Gasteiger partial charge in [-0.2, -0.15) is 0 Å². The van der Waals surface area contributed by atoms with Crippen molar-refractivity contribution in [2.24, 2.45) is 11.8 Å². The molecule has 2 N–H and O–H groups in total. The number of amides is 2. The summed E-state index contributed by atoms with van der Waals surface area (Å²) in [6.45, 7) is 45.1. The molecular formula is C56H98N4O4. The third kappa shape index (κ3) is 19.6. The molecular weight excluding hydrogens is 793 g/mol. The molecule has 64 heavy (non-hydrogen) atoms. The number of benzene rings is 2. The van der Waals surface area contributed by atoms with Crippen LogP contribution >= 0.6 is 0 Å². The van der Waals surface area contributed by atoms with Crippen molar-refractivity contribution in [3.63, 3.8) is 0 Å². The van der Waals surface area contributed by atoms with Crippen LogP contribution in [0.5, 0.6) is 11.5 Å².